The summed E-state index contributed by atoms with van der Waals surface area (Å²) in [5.74, 6) is -2.31. The van der Waals surface area contributed by atoms with Crippen LogP contribution in [0.3, 0.4) is 0 Å². The predicted octanol–water partition coefficient (Wildman–Crippen LogP) is 3.55. The Kier molecular flexibility index (Phi) is 4.61. The summed E-state index contributed by atoms with van der Waals surface area (Å²) in [6, 6.07) is 5.36. The number of hydrogen-bond acceptors (Lipinski definition) is 5. The average molecular weight is 442 g/mol. The third-order valence-electron chi connectivity index (χ3n) is 4.29. The Morgan fingerprint density at radius 3 is 2.46 bits per heavy atom. The van der Waals surface area contributed by atoms with E-state index in [0.29, 0.717) is 15.6 Å². The van der Waals surface area contributed by atoms with Gasteiger partial charge in [0, 0.05) is 4.47 Å². The van der Waals surface area contributed by atoms with Gasteiger partial charge in [-0.15, -0.1) is 0 Å². The number of carboxylic acids is 1. The number of aromatic carboxylic acids is 1. The summed E-state index contributed by atoms with van der Waals surface area (Å²) in [5, 5.41) is 29.6. The second kappa shape index (κ2) is 6.48. The molecule has 3 rings (SSSR count). The molecule has 1 aliphatic rings. The van der Waals surface area contributed by atoms with Gasteiger partial charge in [0.2, 0.25) is 0 Å². The van der Waals surface area contributed by atoms with Crippen molar-refractivity contribution in [3.8, 4) is 11.5 Å². The number of sulfonamides is 1. The second-order valence-corrected chi connectivity index (χ2v) is 8.73. The van der Waals surface area contributed by atoms with Gasteiger partial charge in [0.15, 0.2) is 5.75 Å². The Balaban J connectivity index is 2.12. The van der Waals surface area contributed by atoms with Gasteiger partial charge in [-0.2, -0.15) is 0 Å². The minimum atomic E-state index is -4.25. The molecule has 0 heterocycles. The fourth-order valence-corrected chi connectivity index (χ4v) is 4.54. The van der Waals surface area contributed by atoms with Crippen molar-refractivity contribution < 1.29 is 28.5 Å². The first-order valence-electron chi connectivity index (χ1n) is 7.73. The van der Waals surface area contributed by atoms with Crippen molar-refractivity contribution in [1.82, 2.24) is 0 Å². The molecule has 0 unspecified atom stereocenters. The van der Waals surface area contributed by atoms with Crippen LogP contribution in [0.4, 0.5) is 5.69 Å². The van der Waals surface area contributed by atoms with E-state index in [1.165, 1.54) is 24.3 Å². The van der Waals surface area contributed by atoms with Gasteiger partial charge in [-0.3, -0.25) is 4.72 Å². The highest BCUT2D eigenvalue weighted by Crippen LogP contribution is 2.46. The van der Waals surface area contributed by atoms with Crippen LogP contribution < -0.4 is 4.72 Å². The lowest BCUT2D eigenvalue weighted by atomic mass is 9.97. The predicted molar refractivity (Wildman–Crippen MR) is 98.4 cm³/mol. The van der Waals surface area contributed by atoms with Gasteiger partial charge in [-0.05, 0) is 61.1 Å². The van der Waals surface area contributed by atoms with Crippen LogP contribution in [0.15, 0.2) is 33.6 Å². The maximum Gasteiger partial charge on any atom is 0.339 e. The standard InChI is InChI=1S/C17H16BrNO6S/c1-8-11(9-2-3-9)7-12(16(21)15(8)17(22)23)19-26(24,25)14-6-10(18)4-5-13(14)20/h4-7,9,19-21H,2-3H2,1H3,(H,22,23). The molecule has 0 spiro atoms. The van der Waals surface area contributed by atoms with Crippen molar-refractivity contribution in [2.75, 3.05) is 4.72 Å². The molecule has 1 aliphatic carbocycles. The molecule has 2 aromatic rings. The molecule has 7 nitrogen and oxygen atoms in total. The molecule has 2 aromatic carbocycles. The number of benzene rings is 2. The molecular weight excluding hydrogens is 426 g/mol. The molecule has 1 saturated carbocycles. The van der Waals surface area contributed by atoms with E-state index in [9.17, 15) is 28.5 Å². The minimum Gasteiger partial charge on any atom is -0.507 e. The van der Waals surface area contributed by atoms with Crippen LogP contribution in [0.5, 0.6) is 11.5 Å². The van der Waals surface area contributed by atoms with Crippen molar-refractivity contribution in [3.63, 3.8) is 0 Å². The number of hydrogen-bond donors (Lipinski definition) is 4. The van der Waals surface area contributed by atoms with Crippen LogP contribution in [0.2, 0.25) is 0 Å². The Bertz CT molecular complexity index is 1010. The van der Waals surface area contributed by atoms with Crippen LogP contribution in [0.1, 0.15) is 40.2 Å². The van der Waals surface area contributed by atoms with Gasteiger partial charge in [0.25, 0.3) is 10.0 Å². The third-order valence-corrected chi connectivity index (χ3v) is 6.17. The maximum atomic E-state index is 12.6. The van der Waals surface area contributed by atoms with Crippen molar-refractivity contribution in [2.45, 2.75) is 30.6 Å². The van der Waals surface area contributed by atoms with E-state index in [1.54, 1.807) is 6.92 Å². The van der Waals surface area contributed by atoms with E-state index in [2.05, 4.69) is 20.7 Å². The Hall–Kier alpha value is -2.26. The summed E-state index contributed by atoms with van der Waals surface area (Å²) < 4.78 is 27.9. The summed E-state index contributed by atoms with van der Waals surface area (Å²) in [6.45, 7) is 1.59. The first-order valence-corrected chi connectivity index (χ1v) is 10.0. The summed E-state index contributed by atoms with van der Waals surface area (Å²) in [7, 11) is -4.25. The molecular formula is C17H16BrNO6S. The third kappa shape index (κ3) is 3.36. The van der Waals surface area contributed by atoms with Gasteiger partial charge >= 0.3 is 5.97 Å². The van der Waals surface area contributed by atoms with E-state index >= 15 is 0 Å². The number of carboxylic acid groups (broad SMARTS) is 1. The number of rotatable bonds is 5. The first-order chi connectivity index (χ1) is 12.1. The van der Waals surface area contributed by atoms with Gasteiger partial charge < -0.3 is 15.3 Å². The number of phenolic OH excluding ortho intramolecular Hbond substituents is 1. The van der Waals surface area contributed by atoms with E-state index in [-0.39, 0.29) is 17.2 Å². The van der Waals surface area contributed by atoms with Gasteiger partial charge in [-0.25, -0.2) is 13.2 Å². The fraction of sp³-hybridized carbons (Fsp3) is 0.235. The lowest BCUT2D eigenvalue weighted by Crippen LogP contribution is -2.15. The molecule has 0 amide bonds. The molecule has 0 atom stereocenters. The maximum absolute atomic E-state index is 12.6. The van der Waals surface area contributed by atoms with Crippen molar-refractivity contribution in [1.29, 1.82) is 0 Å². The molecule has 4 N–H and O–H groups in total. The van der Waals surface area contributed by atoms with Crippen molar-refractivity contribution >= 4 is 37.6 Å². The molecule has 0 aliphatic heterocycles. The second-order valence-electron chi connectivity index (χ2n) is 6.16. The van der Waals surface area contributed by atoms with E-state index in [4.69, 9.17) is 0 Å². The summed E-state index contributed by atoms with van der Waals surface area (Å²) in [6.07, 6.45) is 1.76. The number of phenols is 2. The topological polar surface area (TPSA) is 124 Å². The fourth-order valence-electron chi connectivity index (χ4n) is 2.85. The number of halogens is 1. The molecule has 0 radical (unpaired) electrons. The molecule has 1 fully saturated rings. The zero-order valence-electron chi connectivity index (χ0n) is 13.7. The first kappa shape index (κ1) is 18.5. The SMILES string of the molecule is Cc1c(C2CC2)cc(NS(=O)(=O)c2cc(Br)ccc2O)c(O)c1C(=O)O. The van der Waals surface area contributed by atoms with E-state index in [0.717, 1.165) is 12.8 Å². The van der Waals surface area contributed by atoms with Gasteiger partial charge in [-0.1, -0.05) is 15.9 Å². The van der Waals surface area contributed by atoms with Crippen LogP contribution in [-0.4, -0.2) is 29.7 Å². The largest absolute Gasteiger partial charge is 0.507 e. The zero-order chi connectivity index (χ0) is 19.2. The molecule has 0 saturated heterocycles. The van der Waals surface area contributed by atoms with Crippen molar-refractivity contribution in [3.05, 3.63) is 45.4 Å². The van der Waals surface area contributed by atoms with Gasteiger partial charge in [0.05, 0.1) is 5.69 Å². The quantitative estimate of drug-likeness (QED) is 0.525. The Morgan fingerprint density at radius 1 is 1.23 bits per heavy atom. The molecule has 9 heteroatoms. The minimum absolute atomic E-state index is 0.149. The summed E-state index contributed by atoms with van der Waals surface area (Å²) in [4.78, 5) is 11.1. The van der Waals surface area contributed by atoms with Crippen LogP contribution in [-0.2, 0) is 10.0 Å². The summed E-state index contributed by atoms with van der Waals surface area (Å²) >= 11 is 3.14. The molecule has 0 aromatic heterocycles. The van der Waals surface area contributed by atoms with Crippen LogP contribution in [0.25, 0.3) is 0 Å². The number of anilines is 1. The lowest BCUT2D eigenvalue weighted by Gasteiger charge is -2.16. The molecule has 26 heavy (non-hydrogen) atoms. The highest BCUT2D eigenvalue weighted by molar-refractivity contribution is 9.10. The molecule has 138 valence electrons. The normalized spacial score (nSPS) is 14.2. The highest BCUT2D eigenvalue weighted by atomic mass is 79.9. The smallest absolute Gasteiger partial charge is 0.339 e. The van der Waals surface area contributed by atoms with Crippen molar-refractivity contribution in [2.24, 2.45) is 0 Å². The number of aromatic hydroxyl groups is 2. The van der Waals surface area contributed by atoms with E-state index in [1.807, 2.05) is 0 Å². The Labute approximate surface area is 158 Å². The average Bonchev–Trinajstić information content (AvgIpc) is 3.36. The monoisotopic (exact) mass is 441 g/mol. The van der Waals surface area contributed by atoms with Gasteiger partial charge in [0.1, 0.15) is 16.2 Å². The Morgan fingerprint density at radius 2 is 1.88 bits per heavy atom. The van der Waals surface area contributed by atoms with Crippen LogP contribution >= 0.6 is 15.9 Å². The van der Waals surface area contributed by atoms with Crippen LogP contribution in [0, 0.1) is 6.92 Å². The lowest BCUT2D eigenvalue weighted by molar-refractivity contribution is 0.0693. The number of nitrogens with one attached hydrogen (secondary N) is 1. The summed E-state index contributed by atoms with van der Waals surface area (Å²) in [5.41, 5.74) is 0.557. The molecule has 0 bridgehead atoms. The highest BCUT2D eigenvalue weighted by Gasteiger charge is 2.31. The number of carbonyl (C=O) groups is 1. The van der Waals surface area contributed by atoms with E-state index < -0.39 is 32.4 Å². The zero-order valence-corrected chi connectivity index (χ0v) is 16.1.